The number of carbonyl (C=O) groups is 2. The third-order valence-corrected chi connectivity index (χ3v) is 5.83. The highest BCUT2D eigenvalue weighted by molar-refractivity contribution is 6.03. The van der Waals surface area contributed by atoms with E-state index in [0.717, 1.165) is 49.6 Å². The van der Waals surface area contributed by atoms with Crippen LogP contribution in [0.4, 0.5) is 5.95 Å². The Hall–Kier alpha value is -3.13. The summed E-state index contributed by atoms with van der Waals surface area (Å²) in [6.07, 6.45) is 0.948. The van der Waals surface area contributed by atoms with Gasteiger partial charge < -0.3 is 19.6 Å². The van der Waals surface area contributed by atoms with Gasteiger partial charge in [-0.25, -0.2) is 9.78 Å². The zero-order valence-corrected chi connectivity index (χ0v) is 18.3. The Bertz CT molecular complexity index is 1070. The number of aromatic amines is 2. The number of anilines is 1. The van der Waals surface area contributed by atoms with Crippen molar-refractivity contribution in [3.8, 4) is 0 Å². The van der Waals surface area contributed by atoms with Gasteiger partial charge in [0, 0.05) is 37.4 Å². The fraction of sp³-hybridized carbons (Fsp3) is 0.435. The molecule has 1 aromatic carbocycles. The van der Waals surface area contributed by atoms with Crippen LogP contribution in [-0.2, 0) is 4.74 Å². The third-order valence-electron chi connectivity index (χ3n) is 5.83. The van der Waals surface area contributed by atoms with Crippen LogP contribution in [0.1, 0.15) is 45.4 Å². The van der Waals surface area contributed by atoms with Crippen molar-refractivity contribution in [3.05, 3.63) is 46.8 Å². The molecule has 1 fully saturated rings. The second kappa shape index (κ2) is 8.93. The molecule has 0 saturated carbocycles. The van der Waals surface area contributed by atoms with Crippen LogP contribution in [0.2, 0.25) is 0 Å². The fourth-order valence-electron chi connectivity index (χ4n) is 4.29. The molecule has 31 heavy (non-hydrogen) atoms. The van der Waals surface area contributed by atoms with Crippen LogP contribution in [0, 0.1) is 13.8 Å². The van der Waals surface area contributed by atoms with E-state index in [4.69, 9.17) is 9.72 Å². The summed E-state index contributed by atoms with van der Waals surface area (Å²) in [6.45, 7) is 9.33. The van der Waals surface area contributed by atoms with Crippen molar-refractivity contribution in [3.63, 3.8) is 0 Å². The predicted molar refractivity (Wildman–Crippen MR) is 120 cm³/mol. The quantitative estimate of drug-likeness (QED) is 0.467. The van der Waals surface area contributed by atoms with E-state index >= 15 is 0 Å². The standard InChI is InChI=1S/C23H29N5O3/c1-4-31-22(30)21-15(2)20(16(3)24-21)19(29)14-27-10-7-11-28(13-12-27)23-25-17-8-5-6-9-18(17)26-23/h5-6,8-9,24H,4,7,10-14H2,1-3H3,(H,25,26). The van der Waals surface area contributed by atoms with Crippen LogP contribution in [0.15, 0.2) is 24.3 Å². The highest BCUT2D eigenvalue weighted by Crippen LogP contribution is 2.21. The van der Waals surface area contributed by atoms with E-state index in [1.807, 2.05) is 31.2 Å². The van der Waals surface area contributed by atoms with Crippen LogP contribution in [0.3, 0.4) is 0 Å². The molecule has 0 spiro atoms. The molecule has 3 heterocycles. The van der Waals surface area contributed by atoms with E-state index < -0.39 is 5.97 Å². The first-order valence-electron chi connectivity index (χ1n) is 10.8. The molecule has 8 heteroatoms. The number of nitrogens with one attached hydrogen (secondary N) is 2. The average molecular weight is 424 g/mol. The molecule has 8 nitrogen and oxygen atoms in total. The normalized spacial score (nSPS) is 15.3. The zero-order chi connectivity index (χ0) is 22.0. The second-order valence-electron chi connectivity index (χ2n) is 7.96. The number of fused-ring (bicyclic) bond motifs is 1. The molecule has 0 atom stereocenters. The van der Waals surface area contributed by atoms with Gasteiger partial charge in [-0.15, -0.1) is 0 Å². The number of imidazole rings is 1. The summed E-state index contributed by atoms with van der Waals surface area (Å²) in [7, 11) is 0. The Kier molecular flexibility index (Phi) is 6.08. The van der Waals surface area contributed by atoms with Gasteiger partial charge in [0.25, 0.3) is 0 Å². The van der Waals surface area contributed by atoms with Crippen LogP contribution in [0.25, 0.3) is 11.0 Å². The Morgan fingerprint density at radius 1 is 1.10 bits per heavy atom. The van der Waals surface area contributed by atoms with Gasteiger partial charge in [0.1, 0.15) is 5.69 Å². The van der Waals surface area contributed by atoms with Crippen LogP contribution in [0.5, 0.6) is 0 Å². The minimum Gasteiger partial charge on any atom is -0.461 e. The molecule has 0 unspecified atom stereocenters. The fourth-order valence-corrected chi connectivity index (χ4v) is 4.29. The molecule has 0 radical (unpaired) electrons. The van der Waals surface area contributed by atoms with E-state index in [2.05, 4.69) is 19.8 Å². The molecular weight excluding hydrogens is 394 g/mol. The lowest BCUT2D eigenvalue weighted by Gasteiger charge is -2.21. The maximum absolute atomic E-state index is 13.1. The Balaban J connectivity index is 1.42. The lowest BCUT2D eigenvalue weighted by atomic mass is 10.1. The van der Waals surface area contributed by atoms with Gasteiger partial charge >= 0.3 is 5.97 Å². The van der Waals surface area contributed by atoms with E-state index in [0.29, 0.717) is 35.7 Å². The second-order valence-corrected chi connectivity index (χ2v) is 7.96. The maximum atomic E-state index is 13.1. The molecule has 4 rings (SSSR count). The molecule has 0 bridgehead atoms. The van der Waals surface area contributed by atoms with Gasteiger partial charge in [0.05, 0.1) is 24.2 Å². The lowest BCUT2D eigenvalue weighted by molar-refractivity contribution is 0.0519. The topological polar surface area (TPSA) is 94.3 Å². The van der Waals surface area contributed by atoms with E-state index in [9.17, 15) is 9.59 Å². The monoisotopic (exact) mass is 423 g/mol. The number of Topliss-reactive ketones (excluding diaryl/α,β-unsaturated/α-hetero) is 1. The average Bonchev–Trinajstić information content (AvgIpc) is 3.21. The van der Waals surface area contributed by atoms with Crippen molar-refractivity contribution in [1.29, 1.82) is 0 Å². The Morgan fingerprint density at radius 3 is 2.68 bits per heavy atom. The van der Waals surface area contributed by atoms with Crippen molar-refractivity contribution < 1.29 is 14.3 Å². The van der Waals surface area contributed by atoms with Crippen LogP contribution >= 0.6 is 0 Å². The number of benzene rings is 1. The highest BCUT2D eigenvalue weighted by Gasteiger charge is 2.25. The number of ketones is 1. The first-order chi connectivity index (χ1) is 15.0. The van der Waals surface area contributed by atoms with Crippen molar-refractivity contribution in [2.24, 2.45) is 0 Å². The first-order valence-corrected chi connectivity index (χ1v) is 10.8. The molecule has 164 valence electrons. The molecule has 2 N–H and O–H groups in total. The maximum Gasteiger partial charge on any atom is 0.355 e. The SMILES string of the molecule is CCOC(=O)c1[nH]c(C)c(C(=O)CN2CCCN(c3nc4ccccc4[nH]3)CC2)c1C. The summed E-state index contributed by atoms with van der Waals surface area (Å²) in [5.41, 5.74) is 4.34. The lowest BCUT2D eigenvalue weighted by Crippen LogP contribution is -2.34. The Morgan fingerprint density at radius 2 is 1.90 bits per heavy atom. The molecule has 2 aromatic heterocycles. The number of H-pyrrole nitrogens is 2. The van der Waals surface area contributed by atoms with Crippen molar-refractivity contribution in [2.75, 3.05) is 44.2 Å². The van der Waals surface area contributed by atoms with Crippen molar-refractivity contribution in [1.82, 2.24) is 19.9 Å². The van der Waals surface area contributed by atoms with Crippen molar-refractivity contribution >= 4 is 28.7 Å². The smallest absolute Gasteiger partial charge is 0.355 e. The molecular formula is C23H29N5O3. The number of rotatable bonds is 6. The minimum atomic E-state index is -0.418. The summed E-state index contributed by atoms with van der Waals surface area (Å²) >= 11 is 0. The number of ether oxygens (including phenoxy) is 1. The third kappa shape index (κ3) is 4.34. The molecule has 0 aliphatic carbocycles. The number of para-hydroxylation sites is 2. The van der Waals surface area contributed by atoms with Crippen LogP contribution < -0.4 is 4.90 Å². The molecule has 1 saturated heterocycles. The number of aromatic nitrogens is 3. The summed E-state index contributed by atoms with van der Waals surface area (Å²) in [5.74, 6) is 0.489. The van der Waals surface area contributed by atoms with E-state index in [1.165, 1.54) is 0 Å². The first kappa shape index (κ1) is 21.1. The number of nitrogens with zero attached hydrogens (tertiary/aromatic N) is 3. The zero-order valence-electron chi connectivity index (χ0n) is 18.3. The molecule has 0 amide bonds. The Labute approximate surface area is 181 Å². The van der Waals surface area contributed by atoms with Gasteiger partial charge in [0.2, 0.25) is 5.95 Å². The highest BCUT2D eigenvalue weighted by atomic mass is 16.5. The number of carbonyl (C=O) groups excluding carboxylic acids is 2. The van der Waals surface area contributed by atoms with Crippen LogP contribution in [-0.4, -0.2) is 70.9 Å². The van der Waals surface area contributed by atoms with Gasteiger partial charge in [-0.2, -0.15) is 0 Å². The number of esters is 1. The summed E-state index contributed by atoms with van der Waals surface area (Å²) < 4.78 is 5.09. The van der Waals surface area contributed by atoms with Crippen molar-refractivity contribution in [2.45, 2.75) is 27.2 Å². The number of hydrogen-bond acceptors (Lipinski definition) is 6. The largest absolute Gasteiger partial charge is 0.461 e. The van der Waals surface area contributed by atoms with E-state index in [1.54, 1.807) is 13.8 Å². The van der Waals surface area contributed by atoms with Gasteiger partial charge in [-0.05, 0) is 44.9 Å². The van der Waals surface area contributed by atoms with Gasteiger partial charge in [-0.3, -0.25) is 9.69 Å². The molecule has 1 aliphatic rings. The number of aryl methyl sites for hydroxylation is 1. The summed E-state index contributed by atoms with van der Waals surface area (Å²) in [4.78, 5) is 40.8. The minimum absolute atomic E-state index is 0.0268. The van der Waals surface area contributed by atoms with Gasteiger partial charge in [-0.1, -0.05) is 12.1 Å². The summed E-state index contributed by atoms with van der Waals surface area (Å²) in [5, 5.41) is 0. The predicted octanol–water partition coefficient (Wildman–Crippen LogP) is 3.08. The summed E-state index contributed by atoms with van der Waals surface area (Å²) in [6, 6.07) is 8.02. The molecule has 3 aromatic rings. The van der Waals surface area contributed by atoms with Gasteiger partial charge in [0.15, 0.2) is 5.78 Å². The number of hydrogen-bond donors (Lipinski definition) is 2. The molecule has 1 aliphatic heterocycles. The van der Waals surface area contributed by atoms with E-state index in [-0.39, 0.29) is 5.78 Å².